The first-order valence-corrected chi connectivity index (χ1v) is 32.3. The number of aliphatic hydroxyl groups excluding tert-OH is 7. The number of hydrogen-bond donors (Lipinski definition) is 15. The van der Waals surface area contributed by atoms with Gasteiger partial charge >= 0.3 is 0 Å². The van der Waals surface area contributed by atoms with Crippen molar-refractivity contribution in [3.05, 3.63) is 84.1 Å². The lowest BCUT2D eigenvalue weighted by atomic mass is 9.96. The summed E-state index contributed by atoms with van der Waals surface area (Å²) in [4.78, 5) is 121. The van der Waals surface area contributed by atoms with Gasteiger partial charge in [0.25, 0.3) is 18.2 Å². The highest BCUT2D eigenvalue weighted by atomic mass is 32.2. The average Bonchev–Trinajstić information content (AvgIpc) is 1.66. The standard InChI is InChI=1S/C61H79N11O22S2/c1-30-27-71-49(50(30)79)57(86)63-26-36(74)23-39(64-53(82)33-12-10-32(11-13-33)40-29-72-61(65-40)95-58(69-72)34-14-17-38(18-15-34)91-21-9-7-5-4-6-8-20-90-3)54(83)66-46(31(2)73)59(87)70-28-37(75)24-41(70)55(84)68-48(56(85)67-47(60(71)88)43(77)25-45(62)78)52(81)51(80)35-16-19-42(76)44(22-35)92-96-94-93-89/h10-19,22,29-31,36-37,39,41,43,46-52,73-77,79-81,89H,4-9,20-21,23-28H2,1-3H3,(H2,62,78)(H,63,86)(H,64,82)(H,66,83)(H,67,85)(H,68,84). The second-order valence-electron chi connectivity index (χ2n) is 23.7. The third kappa shape index (κ3) is 18.7. The molecule has 5 heterocycles. The number of primary amides is 1. The van der Waals surface area contributed by atoms with Crippen LogP contribution in [0.5, 0.6) is 17.2 Å². The molecule has 33 nitrogen and oxygen atoms in total. The maximum Gasteiger partial charge on any atom is 0.261 e. The van der Waals surface area contributed by atoms with Crippen LogP contribution >= 0.6 is 23.7 Å². The van der Waals surface area contributed by atoms with Crippen LogP contribution in [0.4, 0.5) is 0 Å². The zero-order valence-corrected chi connectivity index (χ0v) is 54.0. The minimum Gasteiger partial charge on any atom is -0.504 e. The molecule has 0 saturated carbocycles. The van der Waals surface area contributed by atoms with Gasteiger partial charge < -0.3 is 96.6 Å². The number of phenolic OH excluding ortho intramolecular Hbond substituents is 1. The third-order valence-corrected chi connectivity index (χ3v) is 17.9. The van der Waals surface area contributed by atoms with E-state index < -0.39 is 183 Å². The van der Waals surface area contributed by atoms with Gasteiger partial charge in [-0.2, -0.15) is 5.10 Å². The average molecular weight is 1380 g/mol. The number of unbranched alkanes of at least 4 members (excludes halogenated alkanes) is 5. The number of nitrogens with two attached hydrogens (primary N) is 1. The summed E-state index contributed by atoms with van der Waals surface area (Å²) in [5.74, 6) is -11.2. The number of aromatic hydroxyl groups is 1. The fraction of sp³-hybridized carbons (Fsp3) is 0.508. The lowest BCUT2D eigenvalue weighted by Crippen LogP contribution is -2.64. The largest absolute Gasteiger partial charge is 0.504 e. The van der Waals surface area contributed by atoms with Crippen molar-refractivity contribution < 1.29 is 107 Å². The van der Waals surface area contributed by atoms with E-state index in [9.17, 15) is 79.2 Å². The number of ether oxygens (including phenoxy) is 2. The number of phenols is 1. The zero-order chi connectivity index (χ0) is 69.5. The number of aromatic nitrogens is 3. The van der Waals surface area contributed by atoms with E-state index in [1.807, 2.05) is 24.3 Å². The highest BCUT2D eigenvalue weighted by Crippen LogP contribution is 2.35. The van der Waals surface area contributed by atoms with Crippen molar-refractivity contribution in [3.63, 3.8) is 0 Å². The molecule has 96 heavy (non-hydrogen) atoms. The minimum atomic E-state index is -2.53. The molecule has 3 saturated heterocycles. The fourth-order valence-electron chi connectivity index (χ4n) is 11.4. The molecular weight excluding hydrogens is 1300 g/mol. The van der Waals surface area contributed by atoms with E-state index in [1.54, 1.807) is 30.0 Å². The Bertz CT molecular complexity index is 3480. The Morgan fingerprint density at radius 3 is 2.10 bits per heavy atom. The molecule has 3 aliphatic rings. The van der Waals surface area contributed by atoms with Gasteiger partial charge in [0.2, 0.25) is 46.3 Å². The molecule has 0 spiro atoms. The monoisotopic (exact) mass is 1380 g/mol. The lowest BCUT2D eigenvalue weighted by Gasteiger charge is -2.34. The maximum atomic E-state index is 14.7. The van der Waals surface area contributed by atoms with Gasteiger partial charge in [-0.15, -0.1) is 0 Å². The SMILES string of the molecule is COCCCCCCCCOc1ccc(-c2nn3cc(-c4ccc(C(=O)NC5CC(O)CNC(=O)C6C(O)C(C)CN6C(=O)C(C(O)CC(N)=O)NC(=O)C(C(O)C(O)c6ccc(O)c(OSOOO)c6)NC(=O)C6CC(O)CN6C(=O)C(C(C)O)NC5=O)cc4)nc3s2)cc1. The summed E-state index contributed by atoms with van der Waals surface area (Å²) in [5, 5.41) is 120. The summed E-state index contributed by atoms with van der Waals surface area (Å²) >= 11 is 1.33. The molecule has 8 rings (SSSR count). The first kappa shape index (κ1) is 73.6. The normalized spacial score (nSPS) is 24.5. The number of nitrogens with zero attached hydrogens (tertiary/aromatic N) is 5. The number of amides is 8. The Hall–Kier alpha value is -8.17. The van der Waals surface area contributed by atoms with Crippen LogP contribution in [0.1, 0.15) is 93.7 Å². The Kier molecular flexibility index (Phi) is 26.2. The van der Waals surface area contributed by atoms with Gasteiger partial charge in [0, 0.05) is 68.8 Å². The van der Waals surface area contributed by atoms with Crippen LogP contribution < -0.4 is 41.2 Å². The van der Waals surface area contributed by atoms with Crippen LogP contribution in [-0.2, 0) is 47.7 Å². The van der Waals surface area contributed by atoms with Crippen molar-refractivity contribution in [2.24, 2.45) is 11.7 Å². The van der Waals surface area contributed by atoms with E-state index in [4.69, 9.17) is 34.7 Å². The van der Waals surface area contributed by atoms with Crippen LogP contribution in [0.2, 0.25) is 0 Å². The molecule has 3 aliphatic heterocycles. The smallest absolute Gasteiger partial charge is 0.261 e. The van der Waals surface area contributed by atoms with E-state index in [1.165, 1.54) is 30.4 Å². The molecule has 3 fully saturated rings. The second kappa shape index (κ2) is 34.2. The van der Waals surface area contributed by atoms with Crippen molar-refractivity contribution >= 4 is 75.9 Å². The van der Waals surface area contributed by atoms with E-state index in [0.29, 0.717) is 27.8 Å². The van der Waals surface area contributed by atoms with Crippen LogP contribution in [0.25, 0.3) is 26.8 Å². The van der Waals surface area contributed by atoms with Gasteiger partial charge in [-0.3, -0.25) is 38.4 Å². The number of carbonyl (C=O) groups excluding carboxylic acids is 8. The van der Waals surface area contributed by atoms with Crippen LogP contribution in [0.3, 0.4) is 0 Å². The lowest BCUT2D eigenvalue weighted by molar-refractivity contribution is -0.433. The van der Waals surface area contributed by atoms with E-state index in [2.05, 4.69) is 36.0 Å². The molecule has 5 aromatic rings. The Balaban J connectivity index is 1.04. The Labute approximate surface area is 557 Å². The minimum absolute atomic E-state index is 0.0135. The van der Waals surface area contributed by atoms with Crippen molar-refractivity contribution in [3.8, 4) is 39.1 Å². The van der Waals surface area contributed by atoms with Crippen molar-refractivity contribution in [2.45, 2.75) is 151 Å². The number of hydrogen-bond acceptors (Lipinski definition) is 26. The molecule has 35 heteroatoms. The Morgan fingerprint density at radius 1 is 0.781 bits per heavy atom. The van der Waals surface area contributed by atoms with Crippen LogP contribution in [-0.4, -0.2) is 231 Å². The topological polar surface area (TPSA) is 488 Å². The summed E-state index contributed by atoms with van der Waals surface area (Å²) in [6.45, 7) is 2.08. The van der Waals surface area contributed by atoms with Gasteiger partial charge in [0.15, 0.2) is 11.5 Å². The predicted octanol–water partition coefficient (Wildman–Crippen LogP) is -1.13. The summed E-state index contributed by atoms with van der Waals surface area (Å²) in [5.41, 5.74) is 6.97. The molecule has 16 N–H and O–H groups in total. The molecule has 0 bridgehead atoms. The molecular formula is C61H79N11O22S2. The first-order chi connectivity index (χ1) is 45.9. The molecule has 8 amide bonds. The number of fused-ring (bicyclic) bond motifs is 3. The molecule has 14 unspecified atom stereocenters. The molecule has 14 atom stereocenters. The van der Waals surface area contributed by atoms with Crippen LogP contribution in [0.15, 0.2) is 72.9 Å². The van der Waals surface area contributed by atoms with E-state index >= 15 is 0 Å². The zero-order valence-electron chi connectivity index (χ0n) is 52.4. The van der Waals surface area contributed by atoms with Gasteiger partial charge in [-0.1, -0.05) is 71.5 Å². The highest BCUT2D eigenvalue weighted by molar-refractivity contribution is 7.90. The molecule has 0 aliphatic carbocycles. The van der Waals surface area contributed by atoms with Gasteiger partial charge in [0.1, 0.15) is 59.2 Å². The summed E-state index contributed by atoms with van der Waals surface area (Å²) in [6, 6.07) is 4.27. The number of imidazole rings is 1. The van der Waals surface area contributed by atoms with E-state index in [0.717, 1.165) is 91.4 Å². The quantitative estimate of drug-likeness (QED) is 0.0142. The number of rotatable bonds is 25. The Morgan fingerprint density at radius 2 is 1.44 bits per heavy atom. The summed E-state index contributed by atoms with van der Waals surface area (Å²) in [6.07, 6.45) is -7.91. The van der Waals surface area contributed by atoms with Crippen molar-refractivity contribution in [1.29, 1.82) is 0 Å². The fourth-order valence-corrected chi connectivity index (χ4v) is 12.5. The third-order valence-electron chi connectivity index (χ3n) is 16.5. The number of aliphatic hydroxyl groups is 7. The molecule has 522 valence electrons. The van der Waals surface area contributed by atoms with Gasteiger partial charge in [0.05, 0.1) is 55.4 Å². The van der Waals surface area contributed by atoms with Crippen molar-refractivity contribution in [1.82, 2.24) is 51.0 Å². The van der Waals surface area contributed by atoms with Gasteiger partial charge in [-0.25, -0.2) is 14.8 Å². The summed E-state index contributed by atoms with van der Waals surface area (Å²) < 4.78 is 21.9. The highest BCUT2D eigenvalue weighted by Gasteiger charge is 2.50. The summed E-state index contributed by atoms with van der Waals surface area (Å²) in [7, 11) is 1.71. The predicted molar refractivity (Wildman–Crippen MR) is 338 cm³/mol. The number of carbonyl (C=O) groups is 8. The number of methoxy groups -OCH3 is 1. The molecule has 0 radical (unpaired) electrons. The second-order valence-corrected chi connectivity index (χ2v) is 25.1. The van der Waals surface area contributed by atoms with Gasteiger partial charge in [-0.05, 0) is 73.9 Å². The maximum absolute atomic E-state index is 14.7. The van der Waals surface area contributed by atoms with Crippen molar-refractivity contribution in [2.75, 3.05) is 40.0 Å². The molecule has 3 aromatic carbocycles. The first-order valence-electron chi connectivity index (χ1n) is 30.9. The number of benzene rings is 3. The van der Waals surface area contributed by atoms with E-state index in [-0.39, 0.29) is 23.5 Å². The number of β-amino-alcohol motifs (C(OH)–C–C–N with tert-alkyl or cyclic N) is 1. The molecule has 2 aromatic heterocycles. The van der Waals surface area contributed by atoms with Crippen LogP contribution in [0, 0.1) is 5.92 Å². The number of nitrogens with one attached hydrogen (secondary N) is 5.